The first-order valence-electron chi connectivity index (χ1n) is 4.69. The van der Waals surface area contributed by atoms with Crippen LogP contribution in [0.25, 0.3) is 0 Å². The van der Waals surface area contributed by atoms with Crippen molar-refractivity contribution in [3.8, 4) is 0 Å². The van der Waals surface area contributed by atoms with Gasteiger partial charge in [-0.3, -0.25) is 4.79 Å². The summed E-state index contributed by atoms with van der Waals surface area (Å²) >= 11 is 0. The summed E-state index contributed by atoms with van der Waals surface area (Å²) in [5.74, 6) is -1.55. The Kier molecular flexibility index (Phi) is 3.99. The Bertz CT molecular complexity index is 367. The lowest BCUT2D eigenvalue weighted by atomic mass is 10.3. The molecule has 0 amide bonds. The zero-order valence-electron chi connectivity index (χ0n) is 8.89. The molecule has 0 saturated heterocycles. The molecule has 0 heterocycles. The highest BCUT2D eigenvalue weighted by Gasteiger charge is 2.29. The predicted molar refractivity (Wildman–Crippen MR) is 54.4 cm³/mol. The minimum Gasteiger partial charge on any atom is -0.466 e. The summed E-state index contributed by atoms with van der Waals surface area (Å²) in [4.78, 5) is 33.1. The van der Waals surface area contributed by atoms with Gasteiger partial charge in [0.05, 0.1) is 7.11 Å². The van der Waals surface area contributed by atoms with E-state index in [1.165, 1.54) is 7.11 Å². The van der Waals surface area contributed by atoms with E-state index in [1.807, 2.05) is 0 Å². The van der Waals surface area contributed by atoms with Gasteiger partial charge in [-0.15, -0.1) is 0 Å². The molecule has 5 heteroatoms. The van der Waals surface area contributed by atoms with E-state index >= 15 is 0 Å². The number of esters is 2. The average molecular weight is 224 g/mol. The molecule has 1 aliphatic rings. The number of hydrogen-bond donors (Lipinski definition) is 0. The Balaban J connectivity index is 2.46. The monoisotopic (exact) mass is 224 g/mol. The largest absolute Gasteiger partial charge is 0.466 e. The second-order valence-electron chi connectivity index (χ2n) is 3.38. The van der Waals surface area contributed by atoms with Gasteiger partial charge in [0, 0.05) is 25.0 Å². The molecule has 16 heavy (non-hydrogen) atoms. The second-order valence-corrected chi connectivity index (χ2v) is 3.38. The van der Waals surface area contributed by atoms with Gasteiger partial charge in [-0.05, 0) is 0 Å². The quantitative estimate of drug-likeness (QED) is 0.397. The van der Waals surface area contributed by atoms with Gasteiger partial charge < -0.3 is 9.47 Å². The molecule has 1 rings (SSSR count). The maximum atomic E-state index is 11.3. The van der Waals surface area contributed by atoms with E-state index in [1.54, 1.807) is 0 Å². The van der Waals surface area contributed by atoms with Crippen LogP contribution in [0.5, 0.6) is 0 Å². The molecule has 0 spiro atoms. The highest BCUT2D eigenvalue weighted by Crippen LogP contribution is 2.22. The summed E-state index contributed by atoms with van der Waals surface area (Å²) < 4.78 is 9.14. The first-order valence-corrected chi connectivity index (χ1v) is 4.69. The molecule has 5 nitrogen and oxygen atoms in total. The molecule has 0 aromatic carbocycles. The molecule has 1 saturated carbocycles. The molecule has 0 unspecified atom stereocenters. The molecule has 0 aliphatic heterocycles. The fourth-order valence-electron chi connectivity index (χ4n) is 1.30. The zero-order chi connectivity index (χ0) is 12.1. The van der Waals surface area contributed by atoms with Crippen molar-refractivity contribution in [2.24, 2.45) is 0 Å². The summed E-state index contributed by atoms with van der Waals surface area (Å²) in [6.45, 7) is 3.65. The van der Waals surface area contributed by atoms with E-state index < -0.39 is 18.0 Å². The smallest absolute Gasteiger partial charge is 0.331 e. The van der Waals surface area contributed by atoms with Crippen molar-refractivity contribution in [1.82, 2.24) is 0 Å². The third-order valence-electron chi connectivity index (χ3n) is 2.07. The van der Waals surface area contributed by atoms with Crippen molar-refractivity contribution in [3.05, 3.63) is 24.3 Å². The van der Waals surface area contributed by atoms with E-state index in [0.29, 0.717) is 6.42 Å². The van der Waals surface area contributed by atoms with Gasteiger partial charge in [0.1, 0.15) is 0 Å². The van der Waals surface area contributed by atoms with Crippen LogP contribution < -0.4 is 0 Å². The number of Topliss-reactive ketones (excluding diaryl/α,β-unsaturated/α-hetero) is 1. The molecule has 0 aromatic heterocycles. The molecule has 0 N–H and O–H groups in total. The minimum absolute atomic E-state index is 0.162. The van der Waals surface area contributed by atoms with E-state index in [9.17, 15) is 14.4 Å². The third-order valence-corrected chi connectivity index (χ3v) is 2.07. The maximum Gasteiger partial charge on any atom is 0.331 e. The molecule has 1 aliphatic carbocycles. The van der Waals surface area contributed by atoms with Crippen LogP contribution in [-0.4, -0.2) is 30.9 Å². The number of carbonyl (C=O) groups is 3. The first-order chi connectivity index (χ1) is 7.52. The predicted octanol–water partition coefficient (Wildman–Crippen LogP) is 0.546. The Labute approximate surface area is 92.7 Å². The number of hydrogen-bond acceptors (Lipinski definition) is 5. The van der Waals surface area contributed by atoms with Crippen molar-refractivity contribution in [3.63, 3.8) is 0 Å². The maximum absolute atomic E-state index is 11.3. The number of ether oxygens (including phenoxy) is 2. The molecule has 0 bridgehead atoms. The summed E-state index contributed by atoms with van der Waals surface area (Å²) in [5.41, 5.74) is 0.750. The molecule has 1 fully saturated rings. The van der Waals surface area contributed by atoms with Crippen LogP contribution in [0.3, 0.4) is 0 Å². The summed E-state index contributed by atoms with van der Waals surface area (Å²) in [6, 6.07) is 0. The molecule has 0 aromatic rings. The average Bonchev–Trinajstić information content (AvgIpc) is 2.54. The van der Waals surface area contributed by atoms with Crippen molar-refractivity contribution in [2.75, 3.05) is 7.11 Å². The van der Waals surface area contributed by atoms with Crippen molar-refractivity contribution < 1.29 is 23.9 Å². The Morgan fingerprint density at radius 1 is 1.38 bits per heavy atom. The van der Waals surface area contributed by atoms with Crippen LogP contribution in [0, 0.1) is 0 Å². The van der Waals surface area contributed by atoms with Crippen LogP contribution >= 0.6 is 0 Å². The standard InChI is InChI=1S/C11H12O5/c1-7-5-8(12)9(6-7)16-11(14)4-3-10(13)15-2/h3-4,9H,1,5-6H2,2H3/b4-3+/t9-/m1/s1. The van der Waals surface area contributed by atoms with E-state index in [0.717, 1.165) is 17.7 Å². The fraction of sp³-hybridized carbons (Fsp3) is 0.364. The molecule has 86 valence electrons. The van der Waals surface area contributed by atoms with E-state index in [4.69, 9.17) is 4.74 Å². The normalized spacial score (nSPS) is 20.2. The zero-order valence-corrected chi connectivity index (χ0v) is 8.89. The van der Waals surface area contributed by atoms with Crippen LogP contribution in [-0.2, 0) is 23.9 Å². The lowest BCUT2D eigenvalue weighted by Gasteiger charge is -2.07. The van der Waals surface area contributed by atoms with Gasteiger partial charge in [-0.2, -0.15) is 0 Å². The minimum atomic E-state index is -0.762. The van der Waals surface area contributed by atoms with Gasteiger partial charge in [-0.1, -0.05) is 12.2 Å². The highest BCUT2D eigenvalue weighted by atomic mass is 16.5. The molecular weight excluding hydrogens is 212 g/mol. The summed E-state index contributed by atoms with van der Waals surface area (Å²) in [6.07, 6.45) is 1.72. The van der Waals surface area contributed by atoms with Gasteiger partial charge in [-0.25, -0.2) is 9.59 Å². The van der Waals surface area contributed by atoms with Crippen molar-refractivity contribution >= 4 is 17.7 Å². The lowest BCUT2D eigenvalue weighted by molar-refractivity contribution is -0.148. The first kappa shape index (κ1) is 12.2. The van der Waals surface area contributed by atoms with Gasteiger partial charge in [0.15, 0.2) is 11.9 Å². The lowest BCUT2D eigenvalue weighted by Crippen LogP contribution is -2.20. The second kappa shape index (κ2) is 5.25. The number of carbonyl (C=O) groups excluding carboxylic acids is 3. The van der Waals surface area contributed by atoms with E-state index in [2.05, 4.69) is 11.3 Å². The number of rotatable bonds is 3. The third kappa shape index (κ3) is 3.34. The topological polar surface area (TPSA) is 69.7 Å². The molecular formula is C11H12O5. The van der Waals surface area contributed by atoms with Gasteiger partial charge >= 0.3 is 11.9 Å². The van der Waals surface area contributed by atoms with Crippen LogP contribution in [0.1, 0.15) is 12.8 Å². The van der Waals surface area contributed by atoms with Crippen LogP contribution in [0.2, 0.25) is 0 Å². The highest BCUT2D eigenvalue weighted by molar-refractivity contribution is 5.94. The number of ketones is 1. The van der Waals surface area contributed by atoms with E-state index in [-0.39, 0.29) is 12.2 Å². The number of methoxy groups -OCH3 is 1. The van der Waals surface area contributed by atoms with Gasteiger partial charge in [0.25, 0.3) is 0 Å². The van der Waals surface area contributed by atoms with Crippen LogP contribution in [0.15, 0.2) is 24.3 Å². The summed E-state index contributed by atoms with van der Waals surface area (Å²) in [7, 11) is 1.20. The SMILES string of the molecule is C=C1CC(=O)[C@H](OC(=O)/C=C/C(=O)OC)C1. The van der Waals surface area contributed by atoms with Gasteiger partial charge in [0.2, 0.25) is 0 Å². The van der Waals surface area contributed by atoms with Crippen molar-refractivity contribution in [1.29, 1.82) is 0 Å². The molecule has 1 atom stereocenters. The van der Waals surface area contributed by atoms with Crippen LogP contribution in [0.4, 0.5) is 0 Å². The van der Waals surface area contributed by atoms with Crippen molar-refractivity contribution in [2.45, 2.75) is 18.9 Å². The summed E-state index contributed by atoms with van der Waals surface area (Å²) in [5, 5.41) is 0. The Morgan fingerprint density at radius 3 is 2.50 bits per heavy atom. The Morgan fingerprint density at radius 2 is 2.00 bits per heavy atom. The fourth-order valence-corrected chi connectivity index (χ4v) is 1.30. The Hall–Kier alpha value is -1.91. The molecule has 0 radical (unpaired) electrons.